The number of nitrogens with one attached hydrogen (secondary N) is 1. The van der Waals surface area contributed by atoms with E-state index in [-0.39, 0.29) is 18.2 Å². The second-order valence-corrected chi connectivity index (χ2v) is 9.21. The van der Waals surface area contributed by atoms with E-state index in [1.165, 1.54) is 0 Å². The molecule has 1 aliphatic rings. The molecule has 6 nitrogen and oxygen atoms in total. The van der Waals surface area contributed by atoms with Crippen LogP contribution >= 0.6 is 0 Å². The van der Waals surface area contributed by atoms with E-state index in [4.69, 9.17) is 4.74 Å². The van der Waals surface area contributed by atoms with Gasteiger partial charge in [0.05, 0.1) is 18.9 Å². The zero-order chi connectivity index (χ0) is 20.9. The number of hydrogen-bond acceptors (Lipinski definition) is 4. The number of rotatable bonds is 7. The topological polar surface area (TPSA) is 75.7 Å². The molecule has 156 valence electrons. The van der Waals surface area contributed by atoms with Gasteiger partial charge in [0.15, 0.2) is 0 Å². The molecule has 0 radical (unpaired) electrons. The second kappa shape index (κ2) is 9.41. The molecular weight excluding hydrogens is 388 g/mol. The Morgan fingerprint density at radius 2 is 1.86 bits per heavy atom. The molecule has 29 heavy (non-hydrogen) atoms. The van der Waals surface area contributed by atoms with Gasteiger partial charge < -0.3 is 9.64 Å². The van der Waals surface area contributed by atoms with Crippen LogP contribution in [0.5, 0.6) is 0 Å². The summed E-state index contributed by atoms with van der Waals surface area (Å²) in [4.78, 5) is 14.2. The van der Waals surface area contributed by atoms with Crippen LogP contribution in [-0.4, -0.2) is 50.9 Å². The van der Waals surface area contributed by atoms with E-state index in [0.717, 1.165) is 29.4 Å². The molecule has 2 unspecified atom stereocenters. The monoisotopic (exact) mass is 416 g/mol. The Morgan fingerprint density at radius 1 is 1.14 bits per heavy atom. The van der Waals surface area contributed by atoms with Crippen LogP contribution in [0.3, 0.4) is 0 Å². The molecule has 1 N–H and O–H groups in total. The molecule has 2 aromatic carbocycles. The summed E-state index contributed by atoms with van der Waals surface area (Å²) in [5.41, 5.74) is 3.26. The molecule has 3 rings (SSSR count). The number of carbonyl (C=O) groups is 1. The summed E-state index contributed by atoms with van der Waals surface area (Å²) < 4.78 is 31.7. The molecule has 0 bridgehead atoms. The SMILES string of the molecule is CCCOC(=O)N1CCC(NS(C)(=O)=O)C1Cc1cccc(-c2ccccc2)c1. The highest BCUT2D eigenvalue weighted by atomic mass is 32.2. The highest BCUT2D eigenvalue weighted by molar-refractivity contribution is 7.88. The van der Waals surface area contributed by atoms with Gasteiger partial charge in [0.2, 0.25) is 10.0 Å². The second-order valence-electron chi connectivity index (χ2n) is 7.43. The van der Waals surface area contributed by atoms with Crippen LogP contribution in [0.1, 0.15) is 25.3 Å². The fourth-order valence-electron chi connectivity index (χ4n) is 3.77. The van der Waals surface area contributed by atoms with Crippen LogP contribution in [0.25, 0.3) is 11.1 Å². The minimum atomic E-state index is -3.38. The molecular formula is C22H28N2O4S. The molecule has 0 aromatic heterocycles. The van der Waals surface area contributed by atoms with Crippen molar-refractivity contribution in [3.05, 3.63) is 60.2 Å². The van der Waals surface area contributed by atoms with Gasteiger partial charge in [-0.25, -0.2) is 17.9 Å². The van der Waals surface area contributed by atoms with Gasteiger partial charge in [-0.1, -0.05) is 61.5 Å². The third kappa shape index (κ3) is 5.81. The molecule has 2 atom stereocenters. The Kier molecular flexibility index (Phi) is 6.92. The molecule has 1 amide bonds. The van der Waals surface area contributed by atoms with Gasteiger partial charge in [0.25, 0.3) is 0 Å². The number of benzene rings is 2. The molecule has 1 saturated heterocycles. The Morgan fingerprint density at radius 3 is 2.55 bits per heavy atom. The molecule has 0 aliphatic carbocycles. The van der Waals surface area contributed by atoms with Gasteiger partial charge in [-0.2, -0.15) is 0 Å². The van der Waals surface area contributed by atoms with Crippen molar-refractivity contribution in [2.75, 3.05) is 19.4 Å². The van der Waals surface area contributed by atoms with Crippen molar-refractivity contribution in [1.29, 1.82) is 0 Å². The van der Waals surface area contributed by atoms with Crippen LogP contribution in [0.4, 0.5) is 4.79 Å². The number of hydrogen-bond donors (Lipinski definition) is 1. The molecule has 1 fully saturated rings. The van der Waals surface area contributed by atoms with Crippen molar-refractivity contribution in [2.45, 2.75) is 38.3 Å². The Hall–Kier alpha value is -2.38. The zero-order valence-corrected chi connectivity index (χ0v) is 17.7. The van der Waals surface area contributed by atoms with Gasteiger partial charge in [0, 0.05) is 12.6 Å². The van der Waals surface area contributed by atoms with E-state index in [9.17, 15) is 13.2 Å². The number of ether oxygens (including phenoxy) is 1. The van der Waals surface area contributed by atoms with Crippen molar-refractivity contribution in [1.82, 2.24) is 9.62 Å². The highest BCUT2D eigenvalue weighted by Gasteiger charge is 2.39. The van der Waals surface area contributed by atoms with Crippen LogP contribution in [0.15, 0.2) is 54.6 Å². The summed E-state index contributed by atoms with van der Waals surface area (Å²) in [5, 5.41) is 0. The van der Waals surface area contributed by atoms with Crippen molar-refractivity contribution < 1.29 is 17.9 Å². The van der Waals surface area contributed by atoms with Gasteiger partial charge in [-0.3, -0.25) is 0 Å². The fraction of sp³-hybridized carbons (Fsp3) is 0.409. The Bertz CT molecular complexity index is 931. The van der Waals surface area contributed by atoms with Gasteiger partial charge in [-0.05, 0) is 36.0 Å². The van der Waals surface area contributed by atoms with E-state index in [1.54, 1.807) is 4.90 Å². The largest absolute Gasteiger partial charge is 0.449 e. The first kappa shape index (κ1) is 21.3. The minimum absolute atomic E-state index is 0.292. The highest BCUT2D eigenvalue weighted by Crippen LogP contribution is 2.26. The average Bonchev–Trinajstić information content (AvgIpc) is 3.07. The number of carbonyl (C=O) groups excluding carboxylic acids is 1. The molecule has 0 spiro atoms. The Balaban J connectivity index is 1.84. The summed E-state index contributed by atoms with van der Waals surface area (Å²) in [7, 11) is -3.38. The first-order valence-electron chi connectivity index (χ1n) is 9.92. The predicted octanol–water partition coefficient (Wildman–Crippen LogP) is 3.43. The van der Waals surface area contributed by atoms with E-state index in [1.807, 2.05) is 43.3 Å². The summed E-state index contributed by atoms with van der Waals surface area (Å²) in [6.07, 6.45) is 2.63. The lowest BCUT2D eigenvalue weighted by atomic mass is 9.97. The quantitative estimate of drug-likeness (QED) is 0.750. The lowest BCUT2D eigenvalue weighted by Crippen LogP contribution is -2.47. The third-order valence-electron chi connectivity index (χ3n) is 5.05. The summed E-state index contributed by atoms with van der Waals surface area (Å²) in [5.74, 6) is 0. The average molecular weight is 417 g/mol. The number of likely N-dealkylation sites (tertiary alicyclic amines) is 1. The molecule has 7 heteroatoms. The van der Waals surface area contributed by atoms with Crippen LogP contribution in [-0.2, 0) is 21.2 Å². The lowest BCUT2D eigenvalue weighted by molar-refractivity contribution is 0.0964. The van der Waals surface area contributed by atoms with Crippen molar-refractivity contribution >= 4 is 16.1 Å². The molecule has 1 heterocycles. The van der Waals surface area contributed by atoms with E-state index < -0.39 is 10.0 Å². The maximum atomic E-state index is 12.5. The minimum Gasteiger partial charge on any atom is -0.449 e. The summed E-state index contributed by atoms with van der Waals surface area (Å²) >= 11 is 0. The maximum absolute atomic E-state index is 12.5. The standard InChI is InChI=1S/C22H28N2O4S/c1-3-14-28-22(25)24-13-12-20(23-29(2,26)27)21(24)16-17-8-7-11-19(15-17)18-9-5-4-6-10-18/h4-11,15,20-21,23H,3,12-14,16H2,1-2H3. The van der Waals surface area contributed by atoms with Crippen molar-refractivity contribution in [3.63, 3.8) is 0 Å². The predicted molar refractivity (Wildman–Crippen MR) is 114 cm³/mol. The number of sulfonamides is 1. The smallest absolute Gasteiger partial charge is 0.410 e. The van der Waals surface area contributed by atoms with Gasteiger partial charge in [0.1, 0.15) is 0 Å². The van der Waals surface area contributed by atoms with E-state index in [2.05, 4.69) is 22.9 Å². The first-order valence-corrected chi connectivity index (χ1v) is 11.8. The normalized spacial score (nSPS) is 19.3. The number of nitrogens with zero attached hydrogens (tertiary/aromatic N) is 1. The third-order valence-corrected chi connectivity index (χ3v) is 5.79. The molecule has 0 saturated carbocycles. The van der Waals surface area contributed by atoms with Crippen molar-refractivity contribution in [3.8, 4) is 11.1 Å². The molecule has 1 aliphatic heterocycles. The van der Waals surface area contributed by atoms with Crippen LogP contribution in [0, 0.1) is 0 Å². The van der Waals surface area contributed by atoms with Crippen molar-refractivity contribution in [2.24, 2.45) is 0 Å². The lowest BCUT2D eigenvalue weighted by Gasteiger charge is -2.28. The van der Waals surface area contributed by atoms with E-state index in [0.29, 0.717) is 26.0 Å². The fourth-order valence-corrected chi connectivity index (χ4v) is 4.59. The molecule has 2 aromatic rings. The van der Waals surface area contributed by atoms with Crippen LogP contribution < -0.4 is 4.72 Å². The zero-order valence-electron chi connectivity index (χ0n) is 16.9. The maximum Gasteiger partial charge on any atom is 0.410 e. The Labute approximate surface area is 172 Å². The summed E-state index contributed by atoms with van der Waals surface area (Å²) in [6.45, 7) is 2.77. The van der Waals surface area contributed by atoms with Gasteiger partial charge in [-0.15, -0.1) is 0 Å². The summed E-state index contributed by atoms with van der Waals surface area (Å²) in [6, 6.07) is 17.6. The van der Waals surface area contributed by atoms with Gasteiger partial charge >= 0.3 is 6.09 Å². The first-order chi connectivity index (χ1) is 13.9. The van der Waals surface area contributed by atoms with E-state index >= 15 is 0 Å². The van der Waals surface area contributed by atoms with Crippen LogP contribution in [0.2, 0.25) is 0 Å². The number of amides is 1.